The second-order valence-electron chi connectivity index (χ2n) is 5.77. The molecule has 0 aliphatic rings. The maximum Gasteiger partial charge on any atom is 0.240 e. The fourth-order valence-electron chi connectivity index (χ4n) is 2.24. The van der Waals surface area contributed by atoms with E-state index in [1.807, 2.05) is 0 Å². The molecule has 2 aromatic carbocycles. The Kier molecular flexibility index (Phi) is 6.94. The minimum atomic E-state index is -3.66. The van der Waals surface area contributed by atoms with Crippen molar-refractivity contribution in [1.82, 2.24) is 10.0 Å². The molecule has 0 heterocycles. The molecule has 27 heavy (non-hydrogen) atoms. The molecule has 3 N–H and O–H groups in total. The first-order valence-electron chi connectivity index (χ1n) is 8.04. The van der Waals surface area contributed by atoms with Gasteiger partial charge in [-0.3, -0.25) is 9.52 Å². The highest BCUT2D eigenvalue weighted by Gasteiger charge is 2.13. The third kappa shape index (κ3) is 7.00. The maximum atomic E-state index is 12.1. The Morgan fingerprint density at radius 2 is 1.56 bits per heavy atom. The zero-order valence-corrected chi connectivity index (χ0v) is 16.3. The molecule has 8 nitrogen and oxygen atoms in total. The van der Waals surface area contributed by atoms with Crippen molar-refractivity contribution in [2.24, 2.45) is 0 Å². The minimum absolute atomic E-state index is 0.0479. The number of nitrogens with one attached hydrogen (secondary N) is 3. The molecule has 2 rings (SSSR count). The van der Waals surface area contributed by atoms with Crippen LogP contribution in [0, 0.1) is 0 Å². The number of carbonyl (C=O) groups excluding carboxylic acids is 1. The highest BCUT2D eigenvalue weighted by atomic mass is 32.2. The number of sulfonamides is 2. The van der Waals surface area contributed by atoms with Gasteiger partial charge in [-0.2, -0.15) is 0 Å². The van der Waals surface area contributed by atoms with Gasteiger partial charge in [-0.05, 0) is 23.8 Å². The average molecular weight is 412 g/mol. The van der Waals surface area contributed by atoms with Gasteiger partial charge in [0.1, 0.15) is 0 Å². The van der Waals surface area contributed by atoms with Crippen LogP contribution in [0.3, 0.4) is 0 Å². The lowest BCUT2D eigenvalue weighted by molar-refractivity contribution is -0.121. The number of benzene rings is 2. The SMILES string of the molecule is CS(=O)(=O)Nc1ccccc1CNC(=O)CCNS(=O)(=O)c1ccccc1. The zero-order valence-electron chi connectivity index (χ0n) is 14.7. The number of hydrogen-bond acceptors (Lipinski definition) is 5. The standard InChI is InChI=1S/C17H21N3O5S2/c1-26(22,23)20-16-10-6-5-7-14(16)13-18-17(21)11-12-19-27(24,25)15-8-3-2-4-9-15/h2-10,19-20H,11-13H2,1H3,(H,18,21). The quantitative estimate of drug-likeness (QED) is 0.569. The van der Waals surface area contributed by atoms with Crippen LogP contribution >= 0.6 is 0 Å². The first-order chi connectivity index (χ1) is 12.7. The molecule has 0 saturated heterocycles. The van der Waals surface area contributed by atoms with E-state index in [0.29, 0.717) is 11.3 Å². The molecule has 0 spiro atoms. The van der Waals surface area contributed by atoms with E-state index in [9.17, 15) is 21.6 Å². The summed E-state index contributed by atoms with van der Waals surface area (Å²) in [5.41, 5.74) is 0.978. The molecule has 0 bridgehead atoms. The Hall–Kier alpha value is -2.43. The summed E-state index contributed by atoms with van der Waals surface area (Å²) in [6.07, 6.45) is 0.995. The summed E-state index contributed by atoms with van der Waals surface area (Å²) in [7, 11) is -7.09. The van der Waals surface area contributed by atoms with E-state index in [1.54, 1.807) is 42.5 Å². The fraction of sp³-hybridized carbons (Fsp3) is 0.235. The second kappa shape index (κ2) is 8.98. The highest BCUT2D eigenvalue weighted by Crippen LogP contribution is 2.16. The lowest BCUT2D eigenvalue weighted by atomic mass is 10.2. The van der Waals surface area contributed by atoms with Crippen LogP contribution in [0.1, 0.15) is 12.0 Å². The number of amides is 1. The molecule has 0 aliphatic heterocycles. The molecule has 0 atom stereocenters. The maximum absolute atomic E-state index is 12.1. The van der Waals surface area contributed by atoms with Gasteiger partial charge in [0.25, 0.3) is 0 Å². The van der Waals surface area contributed by atoms with E-state index in [2.05, 4.69) is 14.8 Å². The number of rotatable bonds is 9. The minimum Gasteiger partial charge on any atom is -0.352 e. The van der Waals surface area contributed by atoms with Crippen LogP contribution in [0.2, 0.25) is 0 Å². The lowest BCUT2D eigenvalue weighted by Gasteiger charge is -2.12. The van der Waals surface area contributed by atoms with Crippen molar-refractivity contribution in [2.45, 2.75) is 17.9 Å². The molecule has 0 saturated carbocycles. The van der Waals surface area contributed by atoms with Gasteiger partial charge in [-0.15, -0.1) is 0 Å². The van der Waals surface area contributed by atoms with Gasteiger partial charge in [-0.25, -0.2) is 21.6 Å². The van der Waals surface area contributed by atoms with Gasteiger partial charge in [-0.1, -0.05) is 36.4 Å². The molecule has 0 aromatic heterocycles. The zero-order chi connectivity index (χ0) is 19.9. The normalized spacial score (nSPS) is 11.7. The van der Waals surface area contributed by atoms with Gasteiger partial charge < -0.3 is 5.32 Å². The first-order valence-corrected chi connectivity index (χ1v) is 11.4. The molecular formula is C17H21N3O5S2. The summed E-state index contributed by atoms with van der Waals surface area (Å²) in [5.74, 6) is -0.361. The summed E-state index contributed by atoms with van der Waals surface area (Å²) < 4.78 is 51.6. The number of hydrogen-bond donors (Lipinski definition) is 3. The van der Waals surface area contributed by atoms with Crippen molar-refractivity contribution in [3.05, 3.63) is 60.2 Å². The molecule has 146 valence electrons. The number of anilines is 1. The molecule has 0 aliphatic carbocycles. The van der Waals surface area contributed by atoms with E-state index < -0.39 is 20.0 Å². The Bertz CT molecular complexity index is 990. The molecule has 0 unspecified atom stereocenters. The van der Waals surface area contributed by atoms with Crippen LogP contribution in [0.4, 0.5) is 5.69 Å². The average Bonchev–Trinajstić information content (AvgIpc) is 2.60. The summed E-state index contributed by atoms with van der Waals surface area (Å²) >= 11 is 0. The first kappa shape index (κ1) is 20.9. The Morgan fingerprint density at radius 1 is 0.926 bits per heavy atom. The molecule has 2 aromatic rings. The van der Waals surface area contributed by atoms with Crippen LogP contribution in [0.15, 0.2) is 59.5 Å². The van der Waals surface area contributed by atoms with E-state index in [0.717, 1.165) is 6.26 Å². The van der Waals surface area contributed by atoms with E-state index >= 15 is 0 Å². The van der Waals surface area contributed by atoms with Gasteiger partial charge >= 0.3 is 0 Å². The lowest BCUT2D eigenvalue weighted by Crippen LogP contribution is -2.30. The van der Waals surface area contributed by atoms with Crippen molar-refractivity contribution in [3.63, 3.8) is 0 Å². The van der Waals surface area contributed by atoms with Crippen LogP contribution in [-0.2, 0) is 31.4 Å². The van der Waals surface area contributed by atoms with Crippen molar-refractivity contribution >= 4 is 31.6 Å². The summed E-state index contributed by atoms with van der Waals surface area (Å²) in [4.78, 5) is 12.1. The predicted octanol–water partition coefficient (Wildman–Crippen LogP) is 1.04. The summed E-state index contributed by atoms with van der Waals surface area (Å²) in [6.45, 7) is 0.0647. The second-order valence-corrected chi connectivity index (χ2v) is 9.28. The molecule has 0 radical (unpaired) electrons. The fourth-order valence-corrected chi connectivity index (χ4v) is 3.89. The monoisotopic (exact) mass is 411 g/mol. The van der Waals surface area contributed by atoms with Crippen molar-refractivity contribution in [2.75, 3.05) is 17.5 Å². The van der Waals surface area contributed by atoms with Gasteiger partial charge in [0.15, 0.2) is 0 Å². The van der Waals surface area contributed by atoms with Crippen molar-refractivity contribution < 1.29 is 21.6 Å². The predicted molar refractivity (Wildman–Crippen MR) is 103 cm³/mol. The van der Waals surface area contributed by atoms with E-state index in [4.69, 9.17) is 0 Å². The number of para-hydroxylation sites is 1. The molecule has 10 heteroatoms. The smallest absolute Gasteiger partial charge is 0.240 e. The van der Waals surface area contributed by atoms with Crippen LogP contribution in [0.25, 0.3) is 0 Å². The van der Waals surface area contributed by atoms with Crippen LogP contribution in [0.5, 0.6) is 0 Å². The number of carbonyl (C=O) groups is 1. The topological polar surface area (TPSA) is 121 Å². The van der Waals surface area contributed by atoms with E-state index in [-0.39, 0.29) is 30.3 Å². The molecule has 0 fully saturated rings. The molecular weight excluding hydrogens is 390 g/mol. The van der Waals surface area contributed by atoms with Gasteiger partial charge in [0, 0.05) is 19.5 Å². The van der Waals surface area contributed by atoms with E-state index in [1.165, 1.54) is 12.1 Å². The Balaban J connectivity index is 1.85. The third-order valence-electron chi connectivity index (χ3n) is 3.49. The molecule has 1 amide bonds. The highest BCUT2D eigenvalue weighted by molar-refractivity contribution is 7.92. The van der Waals surface area contributed by atoms with Gasteiger partial charge in [0.05, 0.1) is 16.8 Å². The van der Waals surface area contributed by atoms with Crippen molar-refractivity contribution in [1.29, 1.82) is 0 Å². The summed E-state index contributed by atoms with van der Waals surface area (Å²) in [6, 6.07) is 14.6. The van der Waals surface area contributed by atoms with Crippen molar-refractivity contribution in [3.8, 4) is 0 Å². The van der Waals surface area contributed by atoms with Gasteiger partial charge in [0.2, 0.25) is 26.0 Å². The Labute approximate surface area is 159 Å². The Morgan fingerprint density at radius 3 is 2.22 bits per heavy atom. The summed E-state index contributed by atoms with van der Waals surface area (Å²) in [5, 5.41) is 2.64. The van der Waals surface area contributed by atoms with Crippen LogP contribution < -0.4 is 14.8 Å². The van der Waals surface area contributed by atoms with Crippen LogP contribution in [-0.4, -0.2) is 35.5 Å². The largest absolute Gasteiger partial charge is 0.352 e. The third-order valence-corrected chi connectivity index (χ3v) is 5.55.